The van der Waals surface area contributed by atoms with Gasteiger partial charge in [-0.2, -0.15) is 0 Å². The number of nitrogens with zero attached hydrogens (tertiary/aromatic N) is 1. The summed E-state index contributed by atoms with van der Waals surface area (Å²) in [5, 5.41) is 5.52. The van der Waals surface area contributed by atoms with E-state index >= 15 is 0 Å². The first-order chi connectivity index (χ1) is 12.9. The zero-order valence-electron chi connectivity index (χ0n) is 16.1. The van der Waals surface area contributed by atoms with Gasteiger partial charge in [-0.15, -0.1) is 0 Å². The number of amides is 2. The number of carbonyl (C=O) groups excluding carboxylic acids is 2. The Morgan fingerprint density at radius 1 is 1.44 bits per heavy atom. The van der Waals surface area contributed by atoms with Crippen LogP contribution in [0.1, 0.15) is 25.8 Å². The monoisotopic (exact) mass is 381 g/mol. The maximum atomic E-state index is 14.2. The molecule has 1 aromatic carbocycles. The number of rotatable bonds is 9. The Kier molecular flexibility index (Phi) is 7.99. The first kappa shape index (κ1) is 21.1. The Hall–Kier alpha value is -2.19. The molecular weight excluding hydrogens is 353 g/mol. The van der Waals surface area contributed by atoms with Gasteiger partial charge in [0.1, 0.15) is 11.6 Å². The highest BCUT2D eigenvalue weighted by atomic mass is 19.1. The molecule has 0 bridgehead atoms. The molecule has 2 N–H and O–H groups in total. The first-order valence-electron chi connectivity index (χ1n) is 9.13. The smallest absolute Gasteiger partial charge is 0.237 e. The fourth-order valence-corrected chi connectivity index (χ4v) is 2.91. The minimum atomic E-state index is -0.633. The minimum absolute atomic E-state index is 0.0191. The lowest BCUT2D eigenvalue weighted by Gasteiger charge is -2.34. The van der Waals surface area contributed by atoms with Crippen LogP contribution in [0.3, 0.4) is 0 Å². The third-order valence-corrected chi connectivity index (χ3v) is 4.33. The van der Waals surface area contributed by atoms with Crippen molar-refractivity contribution in [3.8, 4) is 5.75 Å². The molecule has 0 aromatic heterocycles. The Morgan fingerprint density at radius 2 is 2.22 bits per heavy atom. The first-order valence-corrected chi connectivity index (χ1v) is 9.13. The van der Waals surface area contributed by atoms with Crippen molar-refractivity contribution in [1.29, 1.82) is 0 Å². The molecule has 0 saturated carbocycles. The molecule has 2 amide bonds. The zero-order valence-corrected chi connectivity index (χ0v) is 16.1. The summed E-state index contributed by atoms with van der Waals surface area (Å²) >= 11 is 0. The molecule has 7 nitrogen and oxygen atoms in total. The second-order valence-electron chi connectivity index (χ2n) is 6.71. The number of hydrogen-bond donors (Lipinski definition) is 2. The van der Waals surface area contributed by atoms with E-state index in [2.05, 4.69) is 10.6 Å². The molecule has 1 unspecified atom stereocenters. The molecular formula is C19H28FN3O4. The van der Waals surface area contributed by atoms with E-state index in [1.165, 1.54) is 13.2 Å². The number of piperazine rings is 1. The van der Waals surface area contributed by atoms with Crippen molar-refractivity contribution >= 4 is 11.8 Å². The highest BCUT2D eigenvalue weighted by Gasteiger charge is 2.32. The van der Waals surface area contributed by atoms with Gasteiger partial charge in [0.25, 0.3) is 0 Å². The third kappa shape index (κ3) is 6.48. The lowest BCUT2D eigenvalue weighted by molar-refractivity contribution is -0.134. The fraction of sp³-hybridized carbons (Fsp3) is 0.579. The van der Waals surface area contributed by atoms with Crippen LogP contribution in [0.25, 0.3) is 0 Å². The maximum absolute atomic E-state index is 14.2. The van der Waals surface area contributed by atoms with Crippen LogP contribution in [-0.4, -0.2) is 62.2 Å². The zero-order chi connectivity index (χ0) is 19.8. The molecule has 150 valence electrons. The quantitative estimate of drug-likeness (QED) is 0.626. The van der Waals surface area contributed by atoms with E-state index < -0.39 is 11.9 Å². The predicted octanol–water partition coefficient (Wildman–Crippen LogP) is 1.07. The van der Waals surface area contributed by atoms with Crippen molar-refractivity contribution in [1.82, 2.24) is 15.5 Å². The molecule has 1 saturated heterocycles. The van der Waals surface area contributed by atoms with Gasteiger partial charge in [-0.1, -0.05) is 6.07 Å². The molecule has 1 fully saturated rings. The Balaban J connectivity index is 1.96. The molecule has 0 spiro atoms. The highest BCUT2D eigenvalue weighted by Crippen LogP contribution is 2.20. The molecule has 8 heteroatoms. The molecule has 1 aromatic rings. The number of carbonyl (C=O) groups is 2. The van der Waals surface area contributed by atoms with Crippen LogP contribution < -0.4 is 15.4 Å². The number of halogens is 1. The van der Waals surface area contributed by atoms with Gasteiger partial charge >= 0.3 is 0 Å². The fourth-order valence-electron chi connectivity index (χ4n) is 2.91. The average Bonchev–Trinajstić information content (AvgIpc) is 2.63. The van der Waals surface area contributed by atoms with Crippen LogP contribution in [0.5, 0.6) is 5.75 Å². The number of benzene rings is 1. The van der Waals surface area contributed by atoms with Crippen molar-refractivity contribution in [2.24, 2.45) is 0 Å². The van der Waals surface area contributed by atoms with E-state index in [0.29, 0.717) is 37.6 Å². The van der Waals surface area contributed by atoms with E-state index in [4.69, 9.17) is 9.47 Å². The molecule has 0 aliphatic carbocycles. The Bertz CT molecular complexity index is 654. The van der Waals surface area contributed by atoms with Crippen LogP contribution in [-0.2, 0) is 20.9 Å². The second-order valence-corrected chi connectivity index (χ2v) is 6.71. The van der Waals surface area contributed by atoms with Crippen molar-refractivity contribution in [2.45, 2.75) is 39.0 Å². The standard InChI is InChI=1S/C19H28FN3O4/c1-13(2)27-9-7-21-18(24)11-17-19(25)22-6-8-23(17)12-14-4-5-15(26-3)10-16(14)20/h4-5,10,13,17H,6-9,11-12H2,1-3H3,(H,21,24)(H,22,25). The third-order valence-electron chi connectivity index (χ3n) is 4.33. The summed E-state index contributed by atoms with van der Waals surface area (Å²) in [6.45, 7) is 5.91. The van der Waals surface area contributed by atoms with Crippen LogP contribution >= 0.6 is 0 Å². The van der Waals surface area contributed by atoms with Crippen LogP contribution in [0, 0.1) is 5.82 Å². The minimum Gasteiger partial charge on any atom is -0.497 e. The summed E-state index contributed by atoms with van der Waals surface area (Å²) in [7, 11) is 1.48. The van der Waals surface area contributed by atoms with E-state index in [1.54, 1.807) is 12.1 Å². The normalized spacial score (nSPS) is 17.7. The largest absolute Gasteiger partial charge is 0.497 e. The van der Waals surface area contributed by atoms with Crippen LogP contribution in [0.2, 0.25) is 0 Å². The van der Waals surface area contributed by atoms with Crippen molar-refractivity contribution in [3.05, 3.63) is 29.6 Å². The Labute approximate surface area is 159 Å². The summed E-state index contributed by atoms with van der Waals surface area (Å²) in [5.41, 5.74) is 0.459. The van der Waals surface area contributed by atoms with Crippen LogP contribution in [0.4, 0.5) is 4.39 Å². The lowest BCUT2D eigenvalue weighted by Crippen LogP contribution is -2.56. The molecule has 2 rings (SSSR count). The summed E-state index contributed by atoms with van der Waals surface area (Å²) < 4.78 is 24.6. The number of nitrogens with one attached hydrogen (secondary N) is 2. The summed E-state index contributed by atoms with van der Waals surface area (Å²) in [5.74, 6) is -0.407. The summed E-state index contributed by atoms with van der Waals surface area (Å²) in [4.78, 5) is 26.3. The predicted molar refractivity (Wildman–Crippen MR) is 98.9 cm³/mol. The molecule has 1 atom stereocenters. The average molecular weight is 381 g/mol. The van der Waals surface area contributed by atoms with E-state index in [1.807, 2.05) is 18.7 Å². The number of hydrogen-bond acceptors (Lipinski definition) is 5. The molecule has 1 heterocycles. The SMILES string of the molecule is COc1ccc(CN2CCNC(=O)C2CC(=O)NCCOC(C)C)c(F)c1. The van der Waals surface area contributed by atoms with Gasteiger partial charge in [0.05, 0.1) is 32.3 Å². The van der Waals surface area contributed by atoms with E-state index in [0.717, 1.165) is 0 Å². The van der Waals surface area contributed by atoms with Crippen LogP contribution in [0.15, 0.2) is 18.2 Å². The van der Waals surface area contributed by atoms with Crippen molar-refractivity contribution < 1.29 is 23.5 Å². The molecule has 1 aliphatic heterocycles. The number of ether oxygens (including phenoxy) is 2. The van der Waals surface area contributed by atoms with Gasteiger partial charge in [-0.05, 0) is 19.9 Å². The Morgan fingerprint density at radius 3 is 2.89 bits per heavy atom. The van der Waals surface area contributed by atoms with Gasteiger partial charge in [0, 0.05) is 37.8 Å². The van der Waals surface area contributed by atoms with Gasteiger partial charge in [0.2, 0.25) is 11.8 Å². The molecule has 1 aliphatic rings. The van der Waals surface area contributed by atoms with Gasteiger partial charge < -0.3 is 20.1 Å². The van der Waals surface area contributed by atoms with Gasteiger partial charge in [-0.3, -0.25) is 14.5 Å². The number of methoxy groups -OCH3 is 1. The molecule has 0 radical (unpaired) electrons. The van der Waals surface area contributed by atoms with Gasteiger partial charge in [-0.25, -0.2) is 4.39 Å². The topological polar surface area (TPSA) is 79.9 Å². The second kappa shape index (κ2) is 10.2. The molecule has 27 heavy (non-hydrogen) atoms. The van der Waals surface area contributed by atoms with Crippen molar-refractivity contribution in [2.75, 3.05) is 33.4 Å². The van der Waals surface area contributed by atoms with E-state index in [-0.39, 0.29) is 30.9 Å². The maximum Gasteiger partial charge on any atom is 0.237 e. The lowest BCUT2D eigenvalue weighted by atomic mass is 10.1. The highest BCUT2D eigenvalue weighted by molar-refractivity contribution is 5.88. The summed E-state index contributed by atoms with van der Waals surface area (Å²) in [6, 6.07) is 4.00. The van der Waals surface area contributed by atoms with Crippen molar-refractivity contribution in [3.63, 3.8) is 0 Å². The van der Waals surface area contributed by atoms with Gasteiger partial charge in [0.15, 0.2) is 0 Å². The van der Waals surface area contributed by atoms with E-state index in [9.17, 15) is 14.0 Å². The summed E-state index contributed by atoms with van der Waals surface area (Å²) in [6.07, 6.45) is 0.117.